The van der Waals surface area contributed by atoms with Gasteiger partial charge >= 0.3 is 41.8 Å². The van der Waals surface area contributed by atoms with Crippen molar-refractivity contribution in [1.29, 1.82) is 0 Å². The van der Waals surface area contributed by atoms with Crippen LogP contribution in [-0.4, -0.2) is 117 Å². The molecule has 0 unspecified atom stereocenters. The Balaban J connectivity index is 0.000000348. The van der Waals surface area contributed by atoms with Crippen LogP contribution in [0.25, 0.3) is 0 Å². The highest BCUT2D eigenvalue weighted by Gasteiger charge is 2.22. The third-order valence-electron chi connectivity index (χ3n) is 17.0. The molecule has 0 heterocycles. The van der Waals surface area contributed by atoms with E-state index >= 15 is 0 Å². The van der Waals surface area contributed by atoms with Crippen LogP contribution in [0.5, 0.6) is 23.0 Å². The van der Waals surface area contributed by atoms with Gasteiger partial charge in [-0.2, -0.15) is 0 Å². The number of halogens is 1. The Morgan fingerprint density at radius 2 is 0.657 bits per heavy atom. The molecule has 0 atom stereocenters. The van der Waals surface area contributed by atoms with Crippen molar-refractivity contribution in [3.05, 3.63) is 341 Å². The Hall–Kier alpha value is -14.2. The second-order valence-electron chi connectivity index (χ2n) is 28.7. The average Bonchev–Trinajstić information content (AvgIpc) is 0.843. The van der Waals surface area contributed by atoms with Crippen molar-refractivity contribution in [1.82, 2.24) is 0 Å². The van der Waals surface area contributed by atoms with Crippen LogP contribution >= 0.6 is 58.6 Å². The highest BCUT2D eigenvalue weighted by atomic mass is 35.5. The van der Waals surface area contributed by atoms with Crippen LogP contribution in [0.15, 0.2) is 346 Å². The number of carbonyl (C=O) groups excluding carboxylic acids is 11. The minimum absolute atomic E-state index is 0.00834. The van der Waals surface area contributed by atoms with Gasteiger partial charge in [-0.05, 0) is 272 Å². The van der Waals surface area contributed by atoms with Gasteiger partial charge in [0.25, 0.3) is 0 Å². The summed E-state index contributed by atoms with van der Waals surface area (Å²) in [4.78, 5) is 165. The largest absolute Gasteiger partial charge is 0.508 e. The lowest BCUT2D eigenvalue weighted by molar-refractivity contribution is -0.130. The quantitative estimate of drug-likeness (QED) is 0.00280. The Labute approximate surface area is 800 Å². The zero-order valence-electron chi connectivity index (χ0n) is 76.0. The number of ketones is 4. The second-order valence-corrected chi connectivity index (χ2v) is 33.6. The summed E-state index contributed by atoms with van der Waals surface area (Å²) in [6.07, 6.45) is 3.29. The SMILES string of the molecule is C=C(C)C(=O)Cl.C=C(C)C(=O)Oc1ccc(Sc2ccc(C(=O)/C(C)=N/O)cc2)cc1.C=C(C)C(=O)Oc1ccc(Sc2ccc(C(=O)/C(C)=N/OC(=O)c3ccccc3C(=O)OCCC)cc2)cc1.C=C(C)C(=O)Oc1ccc(Sc2ccc(C(=O)CC)cc2)cc1.CC(C)CCON=O.CCC(=O)c1ccc(Sc2ccc(O)cc2)cc1.CCCOC(=O)c1ccccc1C(=O)O. The van der Waals surface area contributed by atoms with E-state index in [0.717, 1.165) is 56.7 Å². The minimum Gasteiger partial charge on any atom is -0.508 e. The number of phenolic OH excluding ortho intramolecular Hbond substituents is 1. The van der Waals surface area contributed by atoms with Crippen LogP contribution in [0, 0.1) is 10.8 Å². The number of allylic oxidation sites excluding steroid dienone is 1. The average molecular weight is 1920 g/mol. The van der Waals surface area contributed by atoms with Crippen molar-refractivity contribution >= 4 is 140 Å². The first-order chi connectivity index (χ1) is 63.8. The maximum Gasteiger partial charge on any atom is 0.366 e. The number of ether oxygens (including phenoxy) is 5. The molecule has 0 aromatic heterocycles. The topological polar surface area (TPSA) is 384 Å². The van der Waals surface area contributed by atoms with E-state index in [1.165, 1.54) is 61.6 Å². The lowest BCUT2D eigenvalue weighted by atomic mass is 10.1. The van der Waals surface area contributed by atoms with Gasteiger partial charge in [0, 0.05) is 96.6 Å². The van der Waals surface area contributed by atoms with Gasteiger partial charge in [-0.15, -0.1) is 4.91 Å². The smallest absolute Gasteiger partial charge is 0.366 e. The molecule has 10 aromatic carbocycles. The molecule has 0 spiro atoms. The number of aromatic carboxylic acids is 1. The molecule has 134 heavy (non-hydrogen) atoms. The van der Waals surface area contributed by atoms with E-state index in [-0.39, 0.29) is 63.4 Å². The van der Waals surface area contributed by atoms with E-state index in [2.05, 4.69) is 60.7 Å². The molecule has 700 valence electrons. The van der Waals surface area contributed by atoms with E-state index in [9.17, 15) is 67.5 Å². The number of nitrogens with zero attached hydrogens (tertiary/aromatic N) is 3. The summed E-state index contributed by atoms with van der Waals surface area (Å²) in [5, 5.41) is 35.1. The summed E-state index contributed by atoms with van der Waals surface area (Å²) >= 11 is 11.0. The van der Waals surface area contributed by atoms with Gasteiger partial charge in [0.05, 0.1) is 35.5 Å². The molecule has 0 saturated heterocycles. The number of carbonyl (C=O) groups is 12. The summed E-state index contributed by atoms with van der Waals surface area (Å²) in [6, 6.07) is 69.5. The van der Waals surface area contributed by atoms with Crippen LogP contribution < -0.4 is 14.2 Å². The number of phenols is 1. The van der Waals surface area contributed by atoms with Crippen molar-refractivity contribution in [3.63, 3.8) is 0 Å². The van der Waals surface area contributed by atoms with Crippen molar-refractivity contribution in [3.8, 4) is 23.0 Å². The molecule has 0 aliphatic heterocycles. The molecule has 0 amide bonds. The monoisotopic (exact) mass is 1910 g/mol. The van der Waals surface area contributed by atoms with Crippen LogP contribution in [0.3, 0.4) is 0 Å². The van der Waals surface area contributed by atoms with Crippen molar-refractivity contribution in [2.24, 2.45) is 21.6 Å². The first-order valence-electron chi connectivity index (χ1n) is 41.4. The number of carboxylic acids is 1. The van der Waals surface area contributed by atoms with Gasteiger partial charge in [0.2, 0.25) is 16.8 Å². The van der Waals surface area contributed by atoms with E-state index in [1.54, 1.807) is 160 Å². The molecule has 0 aliphatic rings. The molecule has 0 aliphatic carbocycles. The molecule has 0 fully saturated rings. The summed E-state index contributed by atoms with van der Waals surface area (Å²) in [7, 11) is 0. The molecule has 0 bridgehead atoms. The Morgan fingerprint density at radius 1 is 0.381 bits per heavy atom. The van der Waals surface area contributed by atoms with E-state index in [0.29, 0.717) is 95.5 Å². The zero-order chi connectivity index (χ0) is 99.4. The van der Waals surface area contributed by atoms with Crippen molar-refractivity contribution < 1.29 is 106 Å². The van der Waals surface area contributed by atoms with Gasteiger partial charge in [0.15, 0.2) is 16.9 Å². The third kappa shape index (κ3) is 41.9. The van der Waals surface area contributed by atoms with Crippen LogP contribution in [-0.2, 0) is 38.3 Å². The number of carboxylic acid groups (broad SMARTS) is 1. The van der Waals surface area contributed by atoms with Gasteiger partial charge in [-0.3, -0.25) is 24.0 Å². The zero-order valence-corrected chi connectivity index (χ0v) is 80.0. The van der Waals surface area contributed by atoms with E-state index in [1.807, 2.05) is 137 Å². The fourth-order valence-corrected chi connectivity index (χ4v) is 13.0. The third-order valence-corrected chi connectivity index (χ3v) is 21.4. The first kappa shape index (κ1) is 112. The summed E-state index contributed by atoms with van der Waals surface area (Å²) in [5.41, 5.74) is 3.85. The number of Topliss-reactive ketones (excluding diaryl/α,β-unsaturated/α-hetero) is 4. The van der Waals surface area contributed by atoms with Crippen LogP contribution in [0.4, 0.5) is 0 Å². The standard InChI is InChI=1S/C30H27NO7S.C19H17NO4S.C19H18O3S.C15H14O2S.C11H12O4.C5H11NO2.C4H5ClO/c1-5-18-36-29(34)25-8-6-7-9-26(25)30(35)38-31-20(4)27(32)21-10-14-23(15-11-21)39-24-16-12-22(13-17-24)37-28(33)19(2)3;1-12(2)19(22)24-15-6-10-17(11-7-15)25-16-8-4-14(5-9-16)18(21)13(3)20-23;1-4-18(20)14-5-9-16(10-6-14)23-17-11-7-15(8-12-17)22-19(21)13(2)3;1-2-15(17)11-3-7-13(8-4-11)18-14-9-5-12(16)6-10-14;1-2-7-15-11(14)9-6-4-3-5-8(9)10(12)13;1-5(2)3-4-8-6-7;1-3(2)4(5)6/h6-17H,2,5,18H2,1,3-4H3;4-11,23H,1H2,2-3H3;5-12H,2,4H2,1,3H3;3-10,16H,2H2,1H3;3-6H,2,7H2,1H3,(H,12,13);5H,3-4H2,1-2H3;1H2,2H3/b31-20+;20-13+;;;;;. The fraction of sp³-hybridized carbons (Fsp3) is 0.204. The maximum atomic E-state index is 12.8. The highest BCUT2D eigenvalue weighted by molar-refractivity contribution is 8.00. The molecule has 0 radical (unpaired) electrons. The molecule has 0 saturated carbocycles. The summed E-state index contributed by atoms with van der Waals surface area (Å²) in [5.74, 6) is -2.81. The predicted octanol–water partition coefficient (Wildman–Crippen LogP) is 24.7. The van der Waals surface area contributed by atoms with Gasteiger partial charge in [-0.25, -0.2) is 33.6 Å². The number of esters is 5. The molecular formula is C103H104ClN3O23S4. The molecule has 3 N–H and O–H groups in total. The maximum absolute atomic E-state index is 12.8. The molecule has 26 nitrogen and oxygen atoms in total. The molecule has 10 rings (SSSR count). The van der Waals surface area contributed by atoms with Crippen LogP contribution in [0.1, 0.15) is 198 Å². The Morgan fingerprint density at radius 3 is 0.925 bits per heavy atom. The predicted molar refractivity (Wildman–Crippen MR) is 520 cm³/mol. The molecular weight excluding hydrogens is 1810 g/mol. The van der Waals surface area contributed by atoms with Gasteiger partial charge in [-0.1, -0.05) is 174 Å². The van der Waals surface area contributed by atoms with Crippen molar-refractivity contribution in [2.45, 2.75) is 154 Å². The lowest BCUT2D eigenvalue weighted by Gasteiger charge is -2.07. The molecule has 31 heteroatoms. The number of oxime groups is 2. The summed E-state index contributed by atoms with van der Waals surface area (Å²) in [6.45, 7) is 35.7. The first-order valence-corrected chi connectivity index (χ1v) is 45.0. The second kappa shape index (κ2) is 60.7. The summed E-state index contributed by atoms with van der Waals surface area (Å²) < 4.78 is 25.4. The Bertz CT molecular complexity index is 5760. The lowest BCUT2D eigenvalue weighted by Crippen LogP contribution is -2.15. The Kier molecular flexibility index (Phi) is 50.8. The van der Waals surface area contributed by atoms with E-state index < -0.39 is 52.8 Å². The number of hydrogen-bond acceptors (Lipinski definition) is 29. The number of rotatable bonds is 36. The van der Waals surface area contributed by atoms with Crippen molar-refractivity contribution in [2.75, 3.05) is 19.8 Å². The normalized spacial score (nSPS) is 10.3. The highest BCUT2D eigenvalue weighted by Crippen LogP contribution is 2.34. The number of aromatic hydroxyl groups is 1. The van der Waals surface area contributed by atoms with Gasteiger partial charge in [0.1, 0.15) is 41.0 Å². The van der Waals surface area contributed by atoms with Crippen LogP contribution in [0.2, 0.25) is 0 Å². The molecule has 10 aromatic rings. The van der Waals surface area contributed by atoms with Gasteiger partial charge < -0.3 is 48.8 Å². The van der Waals surface area contributed by atoms with E-state index in [4.69, 9.17) is 50.4 Å². The number of benzene rings is 10. The minimum atomic E-state index is -1.13. The number of hydrogen-bond donors (Lipinski definition) is 3. The fourth-order valence-electron chi connectivity index (χ4n) is 9.76.